The number of pyridine rings is 1. The minimum absolute atomic E-state index is 0.0765. The molecule has 0 amide bonds. The van der Waals surface area contributed by atoms with Gasteiger partial charge in [-0.1, -0.05) is 6.07 Å². The van der Waals surface area contributed by atoms with Crippen LogP contribution in [0.2, 0.25) is 0 Å². The zero-order valence-electron chi connectivity index (χ0n) is 11.8. The van der Waals surface area contributed by atoms with E-state index in [9.17, 15) is 8.42 Å². The summed E-state index contributed by atoms with van der Waals surface area (Å²) in [5, 5.41) is 11.2. The van der Waals surface area contributed by atoms with Gasteiger partial charge in [0.15, 0.2) is 0 Å². The van der Waals surface area contributed by atoms with Gasteiger partial charge in [-0.3, -0.25) is 9.99 Å². The van der Waals surface area contributed by atoms with Crippen molar-refractivity contribution >= 4 is 21.4 Å². The summed E-state index contributed by atoms with van der Waals surface area (Å²) >= 11 is 0. The average molecular weight is 304 g/mol. The molecule has 1 aromatic carbocycles. The maximum atomic E-state index is 11.2. The molecule has 0 unspecified atom stereocenters. The van der Waals surface area contributed by atoms with Gasteiger partial charge in [0.05, 0.1) is 16.3 Å². The standard InChI is InChI=1S/C14H16N4O2S/c1-11(12-4-3-9-16-10-12)17-18(2)13-5-7-14(8-6-13)21(15,19)20/h3-10H,1-2H3,(H2,15,19,20)/b17-11+. The molecule has 0 bridgehead atoms. The van der Waals surface area contributed by atoms with Crippen molar-refractivity contribution in [2.45, 2.75) is 11.8 Å². The fraction of sp³-hybridized carbons (Fsp3) is 0.143. The van der Waals surface area contributed by atoms with Crippen molar-refractivity contribution in [1.29, 1.82) is 0 Å². The second-order valence-electron chi connectivity index (χ2n) is 4.49. The maximum absolute atomic E-state index is 11.2. The monoisotopic (exact) mass is 304 g/mol. The lowest BCUT2D eigenvalue weighted by Crippen LogP contribution is -2.14. The summed E-state index contributed by atoms with van der Waals surface area (Å²) in [5.74, 6) is 0. The molecule has 6 nitrogen and oxygen atoms in total. The van der Waals surface area contributed by atoms with Crippen molar-refractivity contribution < 1.29 is 8.42 Å². The Morgan fingerprint density at radius 3 is 2.43 bits per heavy atom. The van der Waals surface area contributed by atoms with Crippen LogP contribution in [0, 0.1) is 0 Å². The largest absolute Gasteiger partial charge is 0.268 e. The number of hydrogen-bond acceptors (Lipinski definition) is 5. The molecule has 2 aromatic rings. The molecule has 0 saturated heterocycles. The van der Waals surface area contributed by atoms with Crippen molar-refractivity contribution in [3.05, 3.63) is 54.4 Å². The van der Waals surface area contributed by atoms with Gasteiger partial charge in [-0.05, 0) is 37.3 Å². The summed E-state index contributed by atoms with van der Waals surface area (Å²) in [6.07, 6.45) is 3.43. The van der Waals surface area contributed by atoms with Crippen LogP contribution >= 0.6 is 0 Å². The second kappa shape index (κ2) is 6.02. The van der Waals surface area contributed by atoms with Crippen LogP contribution in [0.15, 0.2) is 58.8 Å². The first kappa shape index (κ1) is 15.1. The zero-order chi connectivity index (χ0) is 15.5. The SMILES string of the molecule is C/C(=N\N(C)c1ccc(S(N)(=O)=O)cc1)c1cccnc1. The molecule has 110 valence electrons. The van der Waals surface area contributed by atoms with Gasteiger partial charge in [-0.15, -0.1) is 0 Å². The minimum Gasteiger partial charge on any atom is -0.268 e. The predicted octanol–water partition coefficient (Wildman–Crippen LogP) is 1.59. The minimum atomic E-state index is -3.67. The van der Waals surface area contributed by atoms with E-state index >= 15 is 0 Å². The molecule has 1 aromatic heterocycles. The molecular formula is C14H16N4O2S. The Kier molecular flexibility index (Phi) is 4.35. The van der Waals surface area contributed by atoms with Crippen LogP contribution in [-0.2, 0) is 10.0 Å². The third-order valence-electron chi connectivity index (χ3n) is 2.92. The number of hydrazone groups is 1. The van der Waals surface area contributed by atoms with E-state index in [2.05, 4.69) is 10.1 Å². The van der Waals surface area contributed by atoms with Crippen molar-refractivity contribution in [3.8, 4) is 0 Å². The van der Waals surface area contributed by atoms with Gasteiger partial charge in [0.1, 0.15) is 0 Å². The van der Waals surface area contributed by atoms with E-state index in [1.54, 1.807) is 36.6 Å². The Bertz CT molecular complexity index is 740. The molecule has 21 heavy (non-hydrogen) atoms. The quantitative estimate of drug-likeness (QED) is 0.686. The summed E-state index contributed by atoms with van der Waals surface area (Å²) in [6, 6.07) is 9.98. The van der Waals surface area contributed by atoms with Crippen molar-refractivity contribution in [3.63, 3.8) is 0 Å². The Balaban J connectivity index is 2.23. The molecule has 0 saturated carbocycles. The third-order valence-corrected chi connectivity index (χ3v) is 3.85. The highest BCUT2D eigenvalue weighted by molar-refractivity contribution is 7.89. The van der Waals surface area contributed by atoms with E-state index in [4.69, 9.17) is 5.14 Å². The van der Waals surface area contributed by atoms with Gasteiger partial charge < -0.3 is 0 Å². The molecule has 0 radical (unpaired) electrons. The van der Waals surface area contributed by atoms with Crippen LogP contribution in [0.3, 0.4) is 0 Å². The zero-order valence-corrected chi connectivity index (χ0v) is 12.6. The number of primary sulfonamides is 1. The normalized spacial score (nSPS) is 12.2. The fourth-order valence-electron chi connectivity index (χ4n) is 1.77. The first-order chi connectivity index (χ1) is 9.88. The third kappa shape index (κ3) is 3.87. The Morgan fingerprint density at radius 2 is 1.90 bits per heavy atom. The molecule has 0 fully saturated rings. The van der Waals surface area contributed by atoms with E-state index in [0.717, 1.165) is 17.0 Å². The van der Waals surface area contributed by atoms with Crippen LogP contribution in [0.25, 0.3) is 0 Å². The number of hydrogen-bond donors (Lipinski definition) is 1. The summed E-state index contributed by atoms with van der Waals surface area (Å²) in [4.78, 5) is 4.12. The van der Waals surface area contributed by atoms with Crippen LogP contribution in [0.5, 0.6) is 0 Å². The molecule has 1 heterocycles. The molecule has 2 N–H and O–H groups in total. The first-order valence-corrected chi connectivity index (χ1v) is 7.75. The maximum Gasteiger partial charge on any atom is 0.238 e. The summed E-state index contributed by atoms with van der Waals surface area (Å²) < 4.78 is 22.4. The molecule has 0 aliphatic carbocycles. The molecule has 2 rings (SSSR count). The van der Waals surface area contributed by atoms with E-state index < -0.39 is 10.0 Å². The number of anilines is 1. The number of benzene rings is 1. The number of aromatic nitrogens is 1. The topological polar surface area (TPSA) is 88.6 Å². The summed E-state index contributed by atoms with van der Waals surface area (Å²) in [5.41, 5.74) is 2.48. The van der Waals surface area contributed by atoms with Crippen LogP contribution < -0.4 is 10.1 Å². The highest BCUT2D eigenvalue weighted by Gasteiger charge is 2.08. The van der Waals surface area contributed by atoms with Gasteiger partial charge in [-0.25, -0.2) is 13.6 Å². The van der Waals surface area contributed by atoms with Gasteiger partial charge >= 0.3 is 0 Å². The summed E-state index contributed by atoms with van der Waals surface area (Å²) in [7, 11) is -1.89. The fourth-order valence-corrected chi connectivity index (χ4v) is 2.28. The number of nitrogens with two attached hydrogens (primary N) is 1. The van der Waals surface area contributed by atoms with Crippen molar-refractivity contribution in [2.24, 2.45) is 10.2 Å². The van der Waals surface area contributed by atoms with Crippen LogP contribution in [-0.4, -0.2) is 26.2 Å². The number of sulfonamides is 1. The molecular weight excluding hydrogens is 288 g/mol. The molecule has 7 heteroatoms. The molecule has 0 aliphatic rings. The Labute approximate surface area is 124 Å². The van der Waals surface area contributed by atoms with Gasteiger partial charge in [0.25, 0.3) is 0 Å². The van der Waals surface area contributed by atoms with Gasteiger partial charge in [-0.2, -0.15) is 5.10 Å². The smallest absolute Gasteiger partial charge is 0.238 e. The Hall–Kier alpha value is -2.25. The highest BCUT2D eigenvalue weighted by Crippen LogP contribution is 2.17. The highest BCUT2D eigenvalue weighted by atomic mass is 32.2. The number of nitrogens with zero attached hydrogens (tertiary/aromatic N) is 3. The van der Waals surface area contributed by atoms with E-state index in [1.807, 2.05) is 19.1 Å². The van der Waals surface area contributed by atoms with E-state index in [-0.39, 0.29) is 4.90 Å². The van der Waals surface area contributed by atoms with Crippen molar-refractivity contribution in [2.75, 3.05) is 12.1 Å². The predicted molar refractivity (Wildman–Crippen MR) is 82.7 cm³/mol. The van der Waals surface area contributed by atoms with E-state index in [1.165, 1.54) is 12.1 Å². The molecule has 0 spiro atoms. The van der Waals surface area contributed by atoms with Crippen LogP contribution in [0.4, 0.5) is 5.69 Å². The van der Waals surface area contributed by atoms with Gasteiger partial charge in [0, 0.05) is 25.0 Å². The van der Waals surface area contributed by atoms with Gasteiger partial charge in [0.2, 0.25) is 10.0 Å². The molecule has 0 aliphatic heterocycles. The Morgan fingerprint density at radius 1 is 1.24 bits per heavy atom. The number of rotatable bonds is 4. The van der Waals surface area contributed by atoms with Crippen LogP contribution in [0.1, 0.15) is 12.5 Å². The lowest BCUT2D eigenvalue weighted by molar-refractivity contribution is 0.598. The lowest BCUT2D eigenvalue weighted by Gasteiger charge is -2.15. The second-order valence-corrected chi connectivity index (χ2v) is 6.05. The van der Waals surface area contributed by atoms with Crippen molar-refractivity contribution in [1.82, 2.24) is 4.98 Å². The summed E-state index contributed by atoms with van der Waals surface area (Å²) in [6.45, 7) is 1.88. The van der Waals surface area contributed by atoms with E-state index in [0.29, 0.717) is 0 Å². The first-order valence-electron chi connectivity index (χ1n) is 6.20. The average Bonchev–Trinajstić information content (AvgIpc) is 2.47. The lowest BCUT2D eigenvalue weighted by atomic mass is 10.2. The molecule has 0 atom stereocenters.